The molecule has 34 heavy (non-hydrogen) atoms. The molecule has 7 heteroatoms. The fourth-order valence-electron chi connectivity index (χ4n) is 4.98. The lowest BCUT2D eigenvalue weighted by Crippen LogP contribution is -2.31. The molecule has 0 amide bonds. The summed E-state index contributed by atoms with van der Waals surface area (Å²) >= 11 is 0. The molecule has 4 rings (SSSR count). The number of pyridine rings is 1. The Morgan fingerprint density at radius 1 is 1.18 bits per heavy atom. The molecule has 184 valence electrons. The number of carbonyl (C=O) groups is 1. The van der Waals surface area contributed by atoms with Crippen molar-refractivity contribution in [2.24, 2.45) is 0 Å². The Morgan fingerprint density at radius 3 is 2.47 bits per heavy atom. The van der Waals surface area contributed by atoms with E-state index in [0.717, 1.165) is 35.7 Å². The summed E-state index contributed by atoms with van der Waals surface area (Å²) in [4.78, 5) is 22.2. The van der Waals surface area contributed by atoms with Gasteiger partial charge in [0.05, 0.1) is 18.8 Å². The molecule has 1 aromatic carbocycles. The number of aryl methyl sites for hydroxylation is 1. The number of hydrogen-bond donors (Lipinski definition) is 1. The Balaban J connectivity index is 0.00000324. The zero-order chi connectivity index (χ0) is 23.9. The monoisotopic (exact) mass is 528 g/mol. The predicted molar refractivity (Wildman–Crippen MR) is 143 cm³/mol. The maximum absolute atomic E-state index is 13.3. The largest absolute Gasteiger partial charge is 0.492 e. The maximum atomic E-state index is 13.3. The van der Waals surface area contributed by atoms with Gasteiger partial charge in [-0.1, -0.05) is 20.8 Å². The van der Waals surface area contributed by atoms with Crippen molar-refractivity contribution in [2.75, 3.05) is 31.1 Å². The van der Waals surface area contributed by atoms with Crippen LogP contribution in [0.15, 0.2) is 18.2 Å². The molecule has 0 radical (unpaired) electrons. The predicted octanol–water partition coefficient (Wildman–Crippen LogP) is 5.60. The minimum Gasteiger partial charge on any atom is -0.492 e. The van der Waals surface area contributed by atoms with Crippen LogP contribution in [0, 0.1) is 19.3 Å². The van der Waals surface area contributed by atoms with Gasteiger partial charge in [-0.3, -0.25) is 10.2 Å². The molecule has 0 bridgehead atoms. The van der Waals surface area contributed by atoms with Crippen LogP contribution in [0.1, 0.15) is 79.0 Å². The Hall–Kier alpha value is -2.41. The molecule has 2 aromatic rings. The number of ether oxygens (including phenoxy) is 1. The summed E-state index contributed by atoms with van der Waals surface area (Å²) in [7, 11) is 0. The van der Waals surface area contributed by atoms with E-state index in [9.17, 15) is 4.79 Å². The third-order valence-electron chi connectivity index (χ3n) is 6.77. The number of carbonyl (C=O) groups excluding carboxylic acids is 1. The zero-order valence-electron chi connectivity index (χ0n) is 21.2. The van der Waals surface area contributed by atoms with Gasteiger partial charge in [0.1, 0.15) is 17.3 Å². The van der Waals surface area contributed by atoms with Gasteiger partial charge in [-0.05, 0) is 62.8 Å². The number of Topliss-reactive ketones (excluding diaryl/α,β-unsaturated/α-hetero) is 1. The number of rotatable bonds is 6. The average Bonchev–Trinajstić information content (AvgIpc) is 3.40. The van der Waals surface area contributed by atoms with Crippen molar-refractivity contribution < 1.29 is 9.53 Å². The molecule has 3 heterocycles. The van der Waals surface area contributed by atoms with Gasteiger partial charge in [0, 0.05) is 42.0 Å². The number of amidine groups is 1. The fraction of sp³-hybridized carbons (Fsp3) is 0.519. The molecule has 1 N–H and O–H groups in total. The molecule has 1 saturated heterocycles. The van der Waals surface area contributed by atoms with Gasteiger partial charge < -0.3 is 14.5 Å². The van der Waals surface area contributed by atoms with Gasteiger partial charge in [-0.2, -0.15) is 0 Å². The summed E-state index contributed by atoms with van der Waals surface area (Å²) in [5.41, 5.74) is 6.58. The number of nitrogens with one attached hydrogen (secondary N) is 1. The zero-order valence-corrected chi connectivity index (χ0v) is 23.0. The summed E-state index contributed by atoms with van der Waals surface area (Å²) in [5.74, 6) is 1.15. The molecule has 0 saturated carbocycles. The van der Waals surface area contributed by atoms with Crippen molar-refractivity contribution in [1.29, 1.82) is 5.41 Å². The number of fused-ring (bicyclic) bond motifs is 1. The number of aromatic nitrogens is 1. The van der Waals surface area contributed by atoms with Gasteiger partial charge in [0.15, 0.2) is 5.78 Å². The van der Waals surface area contributed by atoms with Gasteiger partial charge in [0.25, 0.3) is 0 Å². The van der Waals surface area contributed by atoms with Crippen LogP contribution in [0.4, 0.5) is 5.69 Å². The topological polar surface area (TPSA) is 69.5 Å². The number of halogens is 1. The van der Waals surface area contributed by atoms with E-state index in [0.29, 0.717) is 30.2 Å². The van der Waals surface area contributed by atoms with E-state index in [1.807, 2.05) is 31.7 Å². The lowest BCUT2D eigenvalue weighted by atomic mass is 9.84. The lowest BCUT2D eigenvalue weighted by molar-refractivity contribution is 0.0962. The van der Waals surface area contributed by atoms with Crippen LogP contribution in [-0.4, -0.2) is 47.7 Å². The third-order valence-corrected chi connectivity index (χ3v) is 6.77. The summed E-state index contributed by atoms with van der Waals surface area (Å²) in [6, 6.07) is 6.15. The van der Waals surface area contributed by atoms with Crippen molar-refractivity contribution in [3.63, 3.8) is 0 Å². The molecular formula is C27H37BrN4O2. The summed E-state index contributed by atoms with van der Waals surface area (Å²) < 4.78 is 5.79. The van der Waals surface area contributed by atoms with Crippen molar-refractivity contribution in [2.45, 2.75) is 66.3 Å². The molecule has 1 aromatic heterocycles. The first-order chi connectivity index (χ1) is 15.6. The van der Waals surface area contributed by atoms with Gasteiger partial charge in [-0.15, -0.1) is 17.0 Å². The Labute approximate surface area is 214 Å². The normalized spacial score (nSPS) is 15.4. The van der Waals surface area contributed by atoms with E-state index in [-0.39, 0.29) is 34.7 Å². The molecular weight excluding hydrogens is 492 g/mol. The van der Waals surface area contributed by atoms with Gasteiger partial charge in [0.2, 0.25) is 0 Å². The van der Waals surface area contributed by atoms with E-state index < -0.39 is 0 Å². The fourth-order valence-corrected chi connectivity index (χ4v) is 4.98. The first-order valence-corrected chi connectivity index (χ1v) is 12.0. The highest BCUT2D eigenvalue weighted by Crippen LogP contribution is 2.36. The molecule has 1 fully saturated rings. The number of nitrogens with zero attached hydrogens (tertiary/aromatic N) is 3. The second-order valence-corrected chi connectivity index (χ2v) is 10.2. The summed E-state index contributed by atoms with van der Waals surface area (Å²) in [5, 5.41) is 8.66. The molecule has 0 atom stereocenters. The van der Waals surface area contributed by atoms with Crippen LogP contribution in [0.25, 0.3) is 0 Å². The number of benzene rings is 1. The number of hydrogen-bond acceptors (Lipinski definition) is 5. The first kappa shape index (κ1) is 26.2. The molecule has 6 nitrogen and oxygen atoms in total. The third kappa shape index (κ3) is 4.85. The van der Waals surface area contributed by atoms with E-state index in [4.69, 9.17) is 10.1 Å². The Morgan fingerprint density at radius 2 is 1.85 bits per heavy atom. The minimum absolute atomic E-state index is 0. The highest BCUT2D eigenvalue weighted by molar-refractivity contribution is 8.93. The molecule has 0 spiro atoms. The SMILES string of the molecule is Br.CCOc1c(C)nc2c(c1C)CN(CC(=O)c1ccc(N3CCCC3)c(C(C)(C)C)c1)C2=N. The number of anilines is 1. The molecule has 0 aliphatic carbocycles. The quantitative estimate of drug-likeness (QED) is 0.494. The highest BCUT2D eigenvalue weighted by atomic mass is 79.9. The van der Waals surface area contributed by atoms with Crippen molar-refractivity contribution in [1.82, 2.24) is 9.88 Å². The smallest absolute Gasteiger partial charge is 0.182 e. The standard InChI is InChI=1S/C27H36N4O2.BrH/c1-7-33-25-17(2)20-15-31(26(28)24(20)29-18(25)3)16-23(32)19-10-11-22(30-12-8-9-13-30)21(14-19)27(4,5)6;/h10-11,14,28H,7-9,12-13,15-16H2,1-6H3;1H. The van der Waals surface area contributed by atoms with E-state index in [2.05, 4.69) is 42.8 Å². The lowest BCUT2D eigenvalue weighted by Gasteiger charge is -2.29. The van der Waals surface area contributed by atoms with E-state index >= 15 is 0 Å². The molecule has 2 aliphatic heterocycles. The minimum atomic E-state index is -0.0565. The van der Waals surface area contributed by atoms with E-state index in [1.165, 1.54) is 24.1 Å². The van der Waals surface area contributed by atoms with Crippen LogP contribution in [0.2, 0.25) is 0 Å². The molecule has 2 aliphatic rings. The van der Waals surface area contributed by atoms with Gasteiger partial charge in [-0.25, -0.2) is 4.98 Å². The average molecular weight is 530 g/mol. The van der Waals surface area contributed by atoms with Crippen LogP contribution in [0.3, 0.4) is 0 Å². The van der Waals surface area contributed by atoms with E-state index in [1.54, 1.807) is 0 Å². The van der Waals surface area contributed by atoms with Crippen molar-refractivity contribution >= 4 is 34.3 Å². The van der Waals surface area contributed by atoms with Crippen LogP contribution >= 0.6 is 17.0 Å². The van der Waals surface area contributed by atoms with Crippen LogP contribution < -0.4 is 9.64 Å². The highest BCUT2D eigenvalue weighted by Gasteiger charge is 2.32. The number of ketones is 1. The van der Waals surface area contributed by atoms with Crippen molar-refractivity contribution in [3.05, 3.63) is 51.8 Å². The Kier molecular flexibility index (Phi) is 7.75. The second-order valence-electron chi connectivity index (χ2n) is 10.2. The van der Waals surface area contributed by atoms with Crippen LogP contribution in [0.5, 0.6) is 5.75 Å². The summed E-state index contributed by atoms with van der Waals surface area (Å²) in [6.07, 6.45) is 2.44. The molecule has 0 unspecified atom stereocenters. The first-order valence-electron chi connectivity index (χ1n) is 12.0. The van der Waals surface area contributed by atoms with Gasteiger partial charge >= 0.3 is 0 Å². The second kappa shape index (κ2) is 10.1. The van der Waals surface area contributed by atoms with Crippen LogP contribution in [-0.2, 0) is 12.0 Å². The van der Waals surface area contributed by atoms with Crippen molar-refractivity contribution in [3.8, 4) is 5.75 Å². The maximum Gasteiger partial charge on any atom is 0.182 e. The Bertz CT molecular complexity index is 1100. The summed E-state index contributed by atoms with van der Waals surface area (Å²) in [6.45, 7) is 15.9.